The number of methoxy groups -OCH3 is 1. The van der Waals surface area contributed by atoms with E-state index in [9.17, 15) is 4.79 Å². The van der Waals surface area contributed by atoms with Crippen molar-refractivity contribution in [2.45, 2.75) is 13.0 Å². The largest absolute Gasteiger partial charge is 0.497 e. The number of esters is 1. The number of furan rings is 1. The average Bonchev–Trinajstić information content (AvgIpc) is 3.24. The second-order valence-corrected chi connectivity index (χ2v) is 4.98. The van der Waals surface area contributed by atoms with E-state index in [0.29, 0.717) is 11.5 Å². The lowest BCUT2D eigenvalue weighted by atomic mass is 9.91. The van der Waals surface area contributed by atoms with Crippen LogP contribution in [0.25, 0.3) is 0 Å². The number of hydrogen-bond acceptors (Lipinski definition) is 6. The Morgan fingerprint density at radius 3 is 2.65 bits per heavy atom. The van der Waals surface area contributed by atoms with Crippen molar-refractivity contribution in [3.8, 4) is 5.75 Å². The molecule has 0 radical (unpaired) electrons. The Bertz CT molecular complexity index is 690. The molecule has 0 aliphatic carbocycles. The van der Waals surface area contributed by atoms with Crippen LogP contribution >= 0.6 is 0 Å². The minimum Gasteiger partial charge on any atom is -0.497 e. The number of benzene rings is 1. The molecule has 0 saturated carbocycles. The predicted octanol–water partition coefficient (Wildman–Crippen LogP) is 2.94. The zero-order chi connectivity index (χ0) is 16.2. The number of carbonyl (C=O) groups is 1. The van der Waals surface area contributed by atoms with Crippen molar-refractivity contribution >= 4 is 11.7 Å². The van der Waals surface area contributed by atoms with Crippen LogP contribution < -0.4 is 4.74 Å². The van der Waals surface area contributed by atoms with Gasteiger partial charge in [-0.2, -0.15) is 0 Å². The molecule has 2 aromatic rings. The van der Waals surface area contributed by atoms with Crippen molar-refractivity contribution in [1.82, 2.24) is 0 Å². The molecule has 1 aliphatic rings. The Labute approximate surface area is 133 Å². The van der Waals surface area contributed by atoms with Gasteiger partial charge < -0.3 is 18.7 Å². The summed E-state index contributed by atoms with van der Waals surface area (Å²) in [7, 11) is 1.60. The lowest BCUT2D eigenvalue weighted by Crippen LogP contribution is -2.28. The highest BCUT2D eigenvalue weighted by Crippen LogP contribution is 2.36. The van der Waals surface area contributed by atoms with Gasteiger partial charge in [0.1, 0.15) is 23.1 Å². The smallest absolute Gasteiger partial charge is 0.319 e. The van der Waals surface area contributed by atoms with E-state index < -0.39 is 12.0 Å². The second-order valence-electron chi connectivity index (χ2n) is 4.98. The molecule has 1 aliphatic heterocycles. The van der Waals surface area contributed by atoms with Crippen LogP contribution in [0.2, 0.25) is 0 Å². The van der Waals surface area contributed by atoms with E-state index in [-0.39, 0.29) is 12.6 Å². The minimum absolute atomic E-state index is 0.288. The number of ether oxygens (including phenoxy) is 2. The van der Waals surface area contributed by atoms with Crippen molar-refractivity contribution in [1.29, 1.82) is 0 Å². The van der Waals surface area contributed by atoms with Crippen LogP contribution in [0.1, 0.15) is 24.4 Å². The number of rotatable bonds is 5. The topological polar surface area (TPSA) is 70.3 Å². The predicted molar refractivity (Wildman–Crippen MR) is 82.2 cm³/mol. The van der Waals surface area contributed by atoms with Crippen LogP contribution in [0, 0.1) is 5.92 Å². The molecular formula is C17H17NO5. The lowest BCUT2D eigenvalue weighted by molar-refractivity contribution is -0.149. The highest BCUT2D eigenvalue weighted by Gasteiger charge is 2.44. The Morgan fingerprint density at radius 2 is 2.04 bits per heavy atom. The second kappa shape index (κ2) is 6.56. The third-order valence-electron chi connectivity index (χ3n) is 3.61. The van der Waals surface area contributed by atoms with Gasteiger partial charge >= 0.3 is 5.97 Å². The van der Waals surface area contributed by atoms with Crippen LogP contribution in [0.5, 0.6) is 5.75 Å². The van der Waals surface area contributed by atoms with Gasteiger partial charge in [-0.15, -0.1) is 0 Å². The Hall–Kier alpha value is -2.76. The number of oxime groups is 1. The van der Waals surface area contributed by atoms with E-state index in [1.54, 1.807) is 38.3 Å². The fraction of sp³-hybridized carbons (Fsp3) is 0.294. The van der Waals surface area contributed by atoms with Crippen LogP contribution in [0.15, 0.2) is 52.2 Å². The van der Waals surface area contributed by atoms with E-state index in [2.05, 4.69) is 5.16 Å². The molecular weight excluding hydrogens is 298 g/mol. The molecule has 1 aromatic carbocycles. The van der Waals surface area contributed by atoms with Gasteiger partial charge in [0, 0.05) is 5.56 Å². The molecule has 0 fully saturated rings. The van der Waals surface area contributed by atoms with Gasteiger partial charge in [0.05, 0.1) is 20.0 Å². The molecule has 0 N–H and O–H groups in total. The first-order valence-electron chi connectivity index (χ1n) is 7.32. The molecule has 0 bridgehead atoms. The molecule has 23 heavy (non-hydrogen) atoms. The molecule has 2 heterocycles. The first-order chi connectivity index (χ1) is 11.2. The first kappa shape index (κ1) is 15.1. The summed E-state index contributed by atoms with van der Waals surface area (Å²) >= 11 is 0. The molecule has 6 heteroatoms. The van der Waals surface area contributed by atoms with E-state index >= 15 is 0 Å². The van der Waals surface area contributed by atoms with Crippen molar-refractivity contribution in [2.24, 2.45) is 11.1 Å². The summed E-state index contributed by atoms with van der Waals surface area (Å²) in [5.41, 5.74) is 1.30. The summed E-state index contributed by atoms with van der Waals surface area (Å²) in [5.74, 6) is 0.203. The Morgan fingerprint density at radius 1 is 1.26 bits per heavy atom. The summed E-state index contributed by atoms with van der Waals surface area (Å²) < 4.78 is 15.7. The summed E-state index contributed by atoms with van der Waals surface area (Å²) in [5, 5.41) is 4.10. The van der Waals surface area contributed by atoms with Crippen molar-refractivity contribution in [3.63, 3.8) is 0 Å². The maximum absolute atomic E-state index is 12.4. The SMILES string of the molecule is CCOC(=O)C1C(c2ccc(OC)cc2)=NOC1c1ccco1. The molecule has 120 valence electrons. The standard InChI is InChI=1S/C17H17NO5/c1-3-21-17(19)14-15(11-6-8-12(20-2)9-7-11)18-23-16(14)13-5-4-10-22-13/h4-10,14,16H,3H2,1-2H3. The average molecular weight is 315 g/mol. The third kappa shape index (κ3) is 2.92. The zero-order valence-electron chi connectivity index (χ0n) is 12.9. The lowest BCUT2D eigenvalue weighted by Gasteiger charge is -2.16. The van der Waals surface area contributed by atoms with Gasteiger partial charge in [-0.1, -0.05) is 5.16 Å². The van der Waals surface area contributed by atoms with Crippen LogP contribution in [-0.2, 0) is 14.4 Å². The van der Waals surface area contributed by atoms with Gasteiger partial charge in [-0.25, -0.2) is 0 Å². The van der Waals surface area contributed by atoms with E-state index in [1.165, 1.54) is 6.26 Å². The van der Waals surface area contributed by atoms with E-state index in [1.807, 2.05) is 12.1 Å². The van der Waals surface area contributed by atoms with Gasteiger partial charge in [-0.05, 0) is 43.3 Å². The minimum atomic E-state index is -0.672. The summed E-state index contributed by atoms with van der Waals surface area (Å²) in [6.45, 7) is 2.05. The molecule has 0 amide bonds. The molecule has 0 saturated heterocycles. The molecule has 2 unspecified atom stereocenters. The van der Waals surface area contributed by atoms with Crippen molar-refractivity contribution in [2.75, 3.05) is 13.7 Å². The first-order valence-corrected chi connectivity index (χ1v) is 7.32. The van der Waals surface area contributed by atoms with Crippen molar-refractivity contribution < 1.29 is 23.5 Å². The molecule has 2 atom stereocenters. The normalized spacial score (nSPS) is 19.8. The molecule has 0 spiro atoms. The highest BCUT2D eigenvalue weighted by atomic mass is 16.7. The molecule has 3 rings (SSSR count). The Kier molecular flexibility index (Phi) is 4.32. The van der Waals surface area contributed by atoms with Crippen LogP contribution in [0.4, 0.5) is 0 Å². The van der Waals surface area contributed by atoms with Gasteiger partial charge in [0.25, 0.3) is 0 Å². The summed E-state index contributed by atoms with van der Waals surface area (Å²) in [6.07, 6.45) is 0.910. The fourth-order valence-electron chi connectivity index (χ4n) is 2.51. The van der Waals surface area contributed by atoms with Crippen molar-refractivity contribution in [3.05, 3.63) is 54.0 Å². The quantitative estimate of drug-likeness (QED) is 0.793. The monoisotopic (exact) mass is 315 g/mol. The van der Waals surface area contributed by atoms with Gasteiger partial charge in [-0.3, -0.25) is 4.79 Å². The van der Waals surface area contributed by atoms with Crippen LogP contribution in [0.3, 0.4) is 0 Å². The number of nitrogens with zero attached hydrogens (tertiary/aromatic N) is 1. The van der Waals surface area contributed by atoms with E-state index in [0.717, 1.165) is 11.3 Å². The Balaban J connectivity index is 1.92. The molecule has 6 nitrogen and oxygen atoms in total. The summed E-state index contributed by atoms with van der Waals surface area (Å²) in [4.78, 5) is 17.9. The third-order valence-corrected chi connectivity index (χ3v) is 3.61. The van der Waals surface area contributed by atoms with Crippen LogP contribution in [-0.4, -0.2) is 25.4 Å². The highest BCUT2D eigenvalue weighted by molar-refractivity contribution is 6.12. The maximum atomic E-state index is 12.4. The van der Waals surface area contributed by atoms with E-state index in [4.69, 9.17) is 18.7 Å². The number of hydrogen-bond donors (Lipinski definition) is 0. The zero-order valence-corrected chi connectivity index (χ0v) is 12.9. The fourth-order valence-corrected chi connectivity index (χ4v) is 2.51. The maximum Gasteiger partial charge on any atom is 0.319 e. The van der Waals surface area contributed by atoms with Gasteiger partial charge in [0.2, 0.25) is 6.10 Å². The number of carbonyl (C=O) groups excluding carboxylic acids is 1. The summed E-state index contributed by atoms with van der Waals surface area (Å²) in [6, 6.07) is 10.8. The van der Waals surface area contributed by atoms with Gasteiger partial charge in [0.15, 0.2) is 0 Å². The molecule has 1 aromatic heterocycles.